The highest BCUT2D eigenvalue weighted by atomic mass is 32.2. The summed E-state index contributed by atoms with van der Waals surface area (Å²) in [6, 6.07) is 4.74. The molecule has 0 saturated carbocycles. The van der Waals surface area contributed by atoms with Crippen LogP contribution in [-0.4, -0.2) is 49.6 Å². The molecule has 1 aliphatic rings. The quantitative estimate of drug-likeness (QED) is 0.585. The number of sulfonamides is 1. The minimum absolute atomic E-state index is 0.125. The lowest BCUT2D eigenvalue weighted by atomic mass is 10.0. The van der Waals surface area contributed by atoms with Gasteiger partial charge in [0.15, 0.2) is 0 Å². The van der Waals surface area contributed by atoms with Gasteiger partial charge >= 0.3 is 0 Å². The molecule has 2 rings (SSSR count). The molecular formula is C18H26N4O5S. The van der Waals surface area contributed by atoms with Crippen LogP contribution in [0.5, 0.6) is 0 Å². The number of hydrazine groups is 1. The lowest BCUT2D eigenvalue weighted by Gasteiger charge is -2.21. The molecule has 1 aromatic carbocycles. The van der Waals surface area contributed by atoms with E-state index in [4.69, 9.17) is 0 Å². The molecule has 0 aliphatic carbocycles. The summed E-state index contributed by atoms with van der Waals surface area (Å²) < 4.78 is 26.4. The van der Waals surface area contributed by atoms with E-state index in [1.165, 1.54) is 35.5 Å². The maximum atomic E-state index is 12.5. The van der Waals surface area contributed by atoms with Crippen LogP contribution in [0.1, 0.15) is 44.0 Å². The second kappa shape index (κ2) is 9.16. The number of amides is 3. The van der Waals surface area contributed by atoms with Crippen molar-refractivity contribution in [2.24, 2.45) is 5.92 Å². The summed E-state index contributed by atoms with van der Waals surface area (Å²) in [6.07, 6.45) is 1.69. The molecule has 0 unspecified atom stereocenters. The van der Waals surface area contributed by atoms with Gasteiger partial charge in [0.05, 0.1) is 4.90 Å². The van der Waals surface area contributed by atoms with Gasteiger partial charge in [-0.3, -0.25) is 25.2 Å². The van der Waals surface area contributed by atoms with Gasteiger partial charge in [-0.05, 0) is 43.0 Å². The van der Waals surface area contributed by atoms with Crippen molar-refractivity contribution in [3.8, 4) is 0 Å². The van der Waals surface area contributed by atoms with Crippen LogP contribution in [-0.2, 0) is 19.6 Å². The lowest BCUT2D eigenvalue weighted by molar-refractivity contribution is -0.129. The van der Waals surface area contributed by atoms with Crippen LogP contribution in [0.25, 0.3) is 0 Å². The van der Waals surface area contributed by atoms with Gasteiger partial charge in [-0.25, -0.2) is 8.42 Å². The molecule has 0 bridgehead atoms. The van der Waals surface area contributed by atoms with Gasteiger partial charge in [0, 0.05) is 25.6 Å². The molecule has 1 atom stereocenters. The van der Waals surface area contributed by atoms with E-state index in [0.717, 1.165) is 12.8 Å². The van der Waals surface area contributed by atoms with Crippen LogP contribution >= 0.6 is 0 Å². The first-order valence-electron chi connectivity index (χ1n) is 9.10. The van der Waals surface area contributed by atoms with Gasteiger partial charge in [0.1, 0.15) is 6.04 Å². The highest BCUT2D eigenvalue weighted by Gasteiger charge is 2.27. The number of nitrogens with one attached hydrogen (secondary N) is 3. The van der Waals surface area contributed by atoms with Gasteiger partial charge in [-0.1, -0.05) is 13.8 Å². The average Bonchev–Trinajstić information content (AvgIpc) is 3.19. The fourth-order valence-corrected chi connectivity index (χ4v) is 4.40. The standard InChI is InChI=1S/C18H26N4O5S/c1-12(2)16(19-13(3)23)18(25)21-20-17(24)14-6-8-15(9-7-14)28(26,27)22-10-4-5-11-22/h6-9,12,16H,4-5,10-11H2,1-3H3,(H,19,23)(H,20,24)(H,21,25)/t16-/m0/s1. The van der Waals surface area contributed by atoms with E-state index in [-0.39, 0.29) is 22.3 Å². The molecule has 28 heavy (non-hydrogen) atoms. The highest BCUT2D eigenvalue weighted by Crippen LogP contribution is 2.21. The summed E-state index contributed by atoms with van der Waals surface area (Å²) in [5, 5.41) is 2.52. The molecule has 9 nitrogen and oxygen atoms in total. The average molecular weight is 410 g/mol. The number of hydrogen-bond acceptors (Lipinski definition) is 5. The zero-order valence-corrected chi connectivity index (χ0v) is 17.0. The molecule has 10 heteroatoms. The summed E-state index contributed by atoms with van der Waals surface area (Å²) in [5.41, 5.74) is 4.74. The zero-order valence-electron chi connectivity index (χ0n) is 16.2. The molecule has 1 heterocycles. The topological polar surface area (TPSA) is 125 Å². The van der Waals surface area contributed by atoms with E-state index in [9.17, 15) is 22.8 Å². The Morgan fingerprint density at radius 3 is 2.07 bits per heavy atom. The number of rotatable bonds is 6. The molecule has 3 amide bonds. The van der Waals surface area contributed by atoms with Crippen molar-refractivity contribution < 1.29 is 22.8 Å². The van der Waals surface area contributed by atoms with Crippen molar-refractivity contribution in [1.29, 1.82) is 0 Å². The molecule has 154 valence electrons. The fraction of sp³-hybridized carbons (Fsp3) is 0.500. The Bertz CT molecular complexity index is 830. The Hall–Kier alpha value is -2.46. The minimum atomic E-state index is -3.55. The molecular weight excluding hydrogens is 384 g/mol. The molecule has 0 aromatic heterocycles. The Kier molecular flexibility index (Phi) is 7.14. The number of hydrogen-bond donors (Lipinski definition) is 3. The molecule has 1 aliphatic heterocycles. The Balaban J connectivity index is 1.99. The molecule has 1 aromatic rings. The Labute approximate surface area is 164 Å². The first-order chi connectivity index (χ1) is 13.1. The van der Waals surface area contributed by atoms with Crippen molar-refractivity contribution in [2.45, 2.75) is 44.6 Å². The van der Waals surface area contributed by atoms with Crippen molar-refractivity contribution in [1.82, 2.24) is 20.5 Å². The van der Waals surface area contributed by atoms with Crippen molar-refractivity contribution in [3.63, 3.8) is 0 Å². The normalized spacial score (nSPS) is 15.9. The first-order valence-corrected chi connectivity index (χ1v) is 10.5. The van der Waals surface area contributed by atoms with E-state index in [1.807, 2.05) is 0 Å². The molecule has 0 spiro atoms. The highest BCUT2D eigenvalue weighted by molar-refractivity contribution is 7.89. The van der Waals surface area contributed by atoms with Crippen LogP contribution < -0.4 is 16.2 Å². The van der Waals surface area contributed by atoms with Crippen LogP contribution in [0.2, 0.25) is 0 Å². The van der Waals surface area contributed by atoms with E-state index in [0.29, 0.717) is 13.1 Å². The second-order valence-electron chi connectivity index (χ2n) is 7.00. The third-order valence-corrected chi connectivity index (χ3v) is 6.34. The van der Waals surface area contributed by atoms with E-state index >= 15 is 0 Å². The third-order valence-electron chi connectivity index (χ3n) is 4.43. The summed E-state index contributed by atoms with van der Waals surface area (Å²) in [5.74, 6) is -1.67. The van der Waals surface area contributed by atoms with E-state index in [1.54, 1.807) is 13.8 Å². The lowest BCUT2D eigenvalue weighted by Crippen LogP contribution is -2.54. The number of carbonyl (C=O) groups is 3. The number of nitrogens with zero attached hydrogens (tertiary/aromatic N) is 1. The van der Waals surface area contributed by atoms with Crippen molar-refractivity contribution >= 4 is 27.7 Å². The van der Waals surface area contributed by atoms with Crippen LogP contribution in [0.15, 0.2) is 29.2 Å². The Morgan fingerprint density at radius 2 is 1.57 bits per heavy atom. The molecule has 3 N–H and O–H groups in total. The number of carbonyl (C=O) groups excluding carboxylic acids is 3. The number of benzene rings is 1. The van der Waals surface area contributed by atoms with E-state index in [2.05, 4.69) is 16.2 Å². The predicted molar refractivity (Wildman–Crippen MR) is 102 cm³/mol. The first kappa shape index (κ1) is 21.8. The SMILES string of the molecule is CC(=O)N[C@H](C(=O)NNC(=O)c1ccc(S(=O)(=O)N2CCCC2)cc1)C(C)C. The monoisotopic (exact) mass is 410 g/mol. The van der Waals surface area contributed by atoms with Crippen LogP contribution in [0.4, 0.5) is 0 Å². The predicted octanol–water partition coefficient (Wildman–Crippen LogP) is 0.393. The maximum absolute atomic E-state index is 12.5. The van der Waals surface area contributed by atoms with Gasteiger partial charge in [0.25, 0.3) is 11.8 Å². The molecule has 1 saturated heterocycles. The van der Waals surface area contributed by atoms with Crippen molar-refractivity contribution in [3.05, 3.63) is 29.8 Å². The van der Waals surface area contributed by atoms with Crippen LogP contribution in [0.3, 0.4) is 0 Å². The smallest absolute Gasteiger partial charge is 0.269 e. The molecule has 0 radical (unpaired) electrons. The maximum Gasteiger partial charge on any atom is 0.269 e. The van der Waals surface area contributed by atoms with Gasteiger partial charge in [-0.2, -0.15) is 4.31 Å². The van der Waals surface area contributed by atoms with E-state index < -0.39 is 27.9 Å². The zero-order chi connectivity index (χ0) is 20.9. The second-order valence-corrected chi connectivity index (χ2v) is 8.94. The summed E-state index contributed by atoms with van der Waals surface area (Å²) in [6.45, 7) is 5.84. The van der Waals surface area contributed by atoms with Crippen molar-refractivity contribution in [2.75, 3.05) is 13.1 Å². The third kappa shape index (κ3) is 5.29. The van der Waals surface area contributed by atoms with Gasteiger partial charge in [0.2, 0.25) is 15.9 Å². The summed E-state index contributed by atoms with van der Waals surface area (Å²) in [7, 11) is -3.55. The molecule has 1 fully saturated rings. The van der Waals surface area contributed by atoms with Crippen LogP contribution in [0, 0.1) is 5.92 Å². The van der Waals surface area contributed by atoms with Gasteiger partial charge < -0.3 is 5.32 Å². The summed E-state index contributed by atoms with van der Waals surface area (Å²) >= 11 is 0. The largest absolute Gasteiger partial charge is 0.344 e. The Morgan fingerprint density at radius 1 is 1.00 bits per heavy atom. The van der Waals surface area contributed by atoms with Gasteiger partial charge in [-0.15, -0.1) is 0 Å². The fourth-order valence-electron chi connectivity index (χ4n) is 2.88. The minimum Gasteiger partial charge on any atom is -0.344 e. The summed E-state index contributed by atoms with van der Waals surface area (Å²) in [4.78, 5) is 35.7.